The van der Waals surface area contributed by atoms with Gasteiger partial charge < -0.3 is 10.5 Å². The van der Waals surface area contributed by atoms with Gasteiger partial charge in [0, 0.05) is 6.07 Å². The van der Waals surface area contributed by atoms with Gasteiger partial charge in [-0.25, -0.2) is 4.39 Å². The van der Waals surface area contributed by atoms with Gasteiger partial charge in [0.2, 0.25) is 0 Å². The van der Waals surface area contributed by atoms with Crippen molar-refractivity contribution >= 4 is 17.3 Å². The van der Waals surface area contributed by atoms with Crippen LogP contribution in [-0.4, -0.2) is 6.10 Å². The minimum atomic E-state index is -0.486. The first-order valence-electron chi connectivity index (χ1n) is 5.97. The number of halogens is 2. The van der Waals surface area contributed by atoms with Crippen molar-refractivity contribution in [1.82, 2.24) is 0 Å². The topological polar surface area (TPSA) is 35.2 Å². The Hall–Kier alpha value is -0.960. The van der Waals surface area contributed by atoms with Crippen LogP contribution in [0, 0.1) is 11.7 Å². The molecule has 1 fully saturated rings. The lowest BCUT2D eigenvalue weighted by molar-refractivity contribution is 0.129. The van der Waals surface area contributed by atoms with Gasteiger partial charge in [-0.15, -0.1) is 0 Å². The number of benzene rings is 1. The highest BCUT2D eigenvalue weighted by molar-refractivity contribution is 6.31. The normalized spacial score (nSPS) is 24.6. The third-order valence-corrected chi connectivity index (χ3v) is 3.52. The lowest BCUT2D eigenvalue weighted by atomic mass is 9.89. The molecule has 0 spiro atoms. The van der Waals surface area contributed by atoms with E-state index < -0.39 is 5.82 Å². The van der Waals surface area contributed by atoms with Crippen LogP contribution in [0.4, 0.5) is 10.1 Å². The number of nitrogens with two attached hydrogens (primary N) is 1. The Bertz CT molecular complexity index is 411. The molecule has 0 radical (unpaired) electrons. The lowest BCUT2D eigenvalue weighted by Gasteiger charge is -2.27. The zero-order valence-corrected chi connectivity index (χ0v) is 10.6. The molecule has 2 nitrogen and oxygen atoms in total. The van der Waals surface area contributed by atoms with E-state index in [1.165, 1.54) is 18.6 Å². The average molecular weight is 258 g/mol. The second kappa shape index (κ2) is 5.13. The third-order valence-electron chi connectivity index (χ3n) is 3.23. The average Bonchev–Trinajstić information content (AvgIpc) is 2.26. The van der Waals surface area contributed by atoms with Crippen LogP contribution in [0.25, 0.3) is 0 Å². The number of nitrogen functional groups attached to an aromatic ring is 1. The Balaban J connectivity index is 2.10. The molecule has 1 aromatic carbocycles. The summed E-state index contributed by atoms with van der Waals surface area (Å²) < 4.78 is 19.1. The minimum Gasteiger partial charge on any atom is -0.488 e. The molecule has 94 valence electrons. The first-order chi connectivity index (χ1) is 8.06. The van der Waals surface area contributed by atoms with E-state index in [9.17, 15) is 4.39 Å². The summed E-state index contributed by atoms with van der Waals surface area (Å²) in [5, 5.41) is 0.0341. The zero-order chi connectivity index (χ0) is 12.4. The van der Waals surface area contributed by atoms with Gasteiger partial charge in [-0.3, -0.25) is 0 Å². The molecule has 2 rings (SSSR count). The van der Waals surface area contributed by atoms with E-state index in [1.54, 1.807) is 0 Å². The highest BCUT2D eigenvalue weighted by atomic mass is 35.5. The molecule has 0 amide bonds. The standard InChI is InChI=1S/C13H17ClFNO/c1-8-3-2-4-9(5-8)17-13-7-11(15)10(14)6-12(13)16/h6-9H,2-5,16H2,1H3. The van der Waals surface area contributed by atoms with E-state index in [0.717, 1.165) is 19.3 Å². The maximum absolute atomic E-state index is 13.3. The quantitative estimate of drug-likeness (QED) is 0.813. The molecule has 1 aromatic rings. The second-order valence-corrected chi connectivity index (χ2v) is 5.22. The summed E-state index contributed by atoms with van der Waals surface area (Å²) in [6.07, 6.45) is 4.55. The van der Waals surface area contributed by atoms with Crippen molar-refractivity contribution in [1.29, 1.82) is 0 Å². The molecule has 2 unspecified atom stereocenters. The molecule has 0 saturated heterocycles. The number of hydrogen-bond donors (Lipinski definition) is 1. The van der Waals surface area contributed by atoms with Crippen LogP contribution in [-0.2, 0) is 0 Å². The molecule has 1 aliphatic carbocycles. The highest BCUT2D eigenvalue weighted by Crippen LogP contribution is 2.32. The number of anilines is 1. The summed E-state index contributed by atoms with van der Waals surface area (Å²) in [7, 11) is 0. The highest BCUT2D eigenvalue weighted by Gasteiger charge is 2.21. The predicted octanol–water partition coefficient (Wildman–Crippen LogP) is 4.02. The molecular formula is C13H17ClFNO. The van der Waals surface area contributed by atoms with Crippen molar-refractivity contribution in [2.24, 2.45) is 5.92 Å². The van der Waals surface area contributed by atoms with Crippen LogP contribution in [0.15, 0.2) is 12.1 Å². The molecule has 0 aliphatic heterocycles. The SMILES string of the molecule is CC1CCCC(Oc2cc(F)c(Cl)cc2N)C1. The first kappa shape index (κ1) is 12.5. The van der Waals surface area contributed by atoms with Crippen LogP contribution >= 0.6 is 11.6 Å². The Kier molecular flexibility index (Phi) is 3.77. The van der Waals surface area contributed by atoms with E-state index in [-0.39, 0.29) is 11.1 Å². The Labute approximate surface area is 106 Å². The second-order valence-electron chi connectivity index (χ2n) is 4.82. The molecule has 0 heterocycles. The van der Waals surface area contributed by atoms with Crippen LogP contribution in [0.2, 0.25) is 5.02 Å². The van der Waals surface area contributed by atoms with Gasteiger partial charge in [-0.1, -0.05) is 24.9 Å². The third kappa shape index (κ3) is 3.03. The van der Waals surface area contributed by atoms with E-state index >= 15 is 0 Å². The fourth-order valence-electron chi connectivity index (χ4n) is 2.31. The van der Waals surface area contributed by atoms with Gasteiger partial charge in [0.1, 0.15) is 11.6 Å². The number of rotatable bonds is 2. The summed E-state index contributed by atoms with van der Waals surface area (Å²) in [5.41, 5.74) is 6.16. The molecule has 1 aliphatic rings. The summed E-state index contributed by atoms with van der Waals surface area (Å²) >= 11 is 5.64. The predicted molar refractivity (Wildman–Crippen MR) is 67.9 cm³/mol. The maximum atomic E-state index is 13.3. The molecule has 2 atom stereocenters. The van der Waals surface area contributed by atoms with E-state index in [4.69, 9.17) is 22.1 Å². The van der Waals surface area contributed by atoms with Crippen LogP contribution in [0.5, 0.6) is 5.75 Å². The van der Waals surface area contributed by atoms with Gasteiger partial charge in [0.25, 0.3) is 0 Å². The summed E-state index contributed by atoms with van der Waals surface area (Å²) in [5.74, 6) is 0.581. The minimum absolute atomic E-state index is 0.0341. The van der Waals surface area contributed by atoms with Gasteiger partial charge in [0.05, 0.1) is 16.8 Å². The van der Waals surface area contributed by atoms with Crippen LogP contribution in [0.1, 0.15) is 32.6 Å². The summed E-state index contributed by atoms with van der Waals surface area (Å²) in [6, 6.07) is 2.68. The van der Waals surface area contributed by atoms with Gasteiger partial charge in [0.15, 0.2) is 0 Å². The van der Waals surface area contributed by atoms with Gasteiger partial charge in [-0.2, -0.15) is 0 Å². The Morgan fingerprint density at radius 3 is 2.88 bits per heavy atom. The first-order valence-corrected chi connectivity index (χ1v) is 6.35. The van der Waals surface area contributed by atoms with Crippen molar-refractivity contribution in [3.63, 3.8) is 0 Å². The molecule has 0 aromatic heterocycles. The largest absolute Gasteiger partial charge is 0.488 e. The summed E-state index contributed by atoms with van der Waals surface area (Å²) in [6.45, 7) is 2.21. The molecule has 1 saturated carbocycles. The Morgan fingerprint density at radius 2 is 2.18 bits per heavy atom. The van der Waals surface area contributed by atoms with Gasteiger partial charge in [-0.05, 0) is 31.2 Å². The lowest BCUT2D eigenvalue weighted by Crippen LogP contribution is -2.24. The van der Waals surface area contributed by atoms with Crippen LogP contribution < -0.4 is 10.5 Å². The monoisotopic (exact) mass is 257 g/mol. The van der Waals surface area contributed by atoms with E-state index in [2.05, 4.69) is 6.92 Å². The maximum Gasteiger partial charge on any atom is 0.145 e. The molecule has 4 heteroatoms. The molecule has 2 N–H and O–H groups in total. The van der Waals surface area contributed by atoms with Crippen molar-refractivity contribution in [2.75, 3.05) is 5.73 Å². The van der Waals surface area contributed by atoms with Crippen LogP contribution in [0.3, 0.4) is 0 Å². The van der Waals surface area contributed by atoms with E-state index in [1.807, 2.05) is 0 Å². The van der Waals surface area contributed by atoms with Crippen molar-refractivity contribution in [2.45, 2.75) is 38.7 Å². The van der Waals surface area contributed by atoms with Gasteiger partial charge >= 0.3 is 0 Å². The number of hydrogen-bond acceptors (Lipinski definition) is 2. The fraction of sp³-hybridized carbons (Fsp3) is 0.538. The van der Waals surface area contributed by atoms with Crippen molar-refractivity contribution < 1.29 is 9.13 Å². The van der Waals surface area contributed by atoms with E-state index in [0.29, 0.717) is 17.4 Å². The smallest absolute Gasteiger partial charge is 0.145 e. The number of ether oxygens (including phenoxy) is 1. The van der Waals surface area contributed by atoms with Crippen molar-refractivity contribution in [3.05, 3.63) is 23.0 Å². The zero-order valence-electron chi connectivity index (χ0n) is 9.88. The molecule has 17 heavy (non-hydrogen) atoms. The molecule has 0 bridgehead atoms. The van der Waals surface area contributed by atoms with Crippen molar-refractivity contribution in [3.8, 4) is 5.75 Å². The summed E-state index contributed by atoms with van der Waals surface area (Å²) in [4.78, 5) is 0. The molecular weight excluding hydrogens is 241 g/mol. The fourth-order valence-corrected chi connectivity index (χ4v) is 2.48. The Morgan fingerprint density at radius 1 is 1.41 bits per heavy atom.